The van der Waals surface area contributed by atoms with E-state index in [2.05, 4.69) is 25.5 Å². The van der Waals surface area contributed by atoms with Crippen LogP contribution < -0.4 is 0 Å². The van der Waals surface area contributed by atoms with Crippen LogP contribution in [0.2, 0.25) is 0 Å². The second kappa shape index (κ2) is 5.11. The maximum Gasteiger partial charge on any atom is 0.508 e. The second-order valence-corrected chi connectivity index (χ2v) is 2.46. The third-order valence-electron chi connectivity index (χ3n) is 1.36. The van der Waals surface area contributed by atoms with E-state index in [-0.39, 0.29) is 19.8 Å². The number of hydrogen-bond donors (Lipinski definition) is 0. The average molecular weight is 202 g/mol. The Hall–Kier alpha value is -1.72. The third-order valence-corrected chi connectivity index (χ3v) is 1.36. The highest BCUT2D eigenvalue weighted by atomic mass is 16.8. The molecule has 1 rings (SSSR count). The Labute approximate surface area is 80.4 Å². The highest BCUT2D eigenvalue weighted by Crippen LogP contribution is 2.06. The van der Waals surface area contributed by atoms with Gasteiger partial charge in [-0.15, -0.1) is 0 Å². The molecule has 1 atom stereocenters. The normalized spacial score (nSPS) is 19.4. The standard InChI is InChI=1S/C8H10O6/c1-2-3-11-7(9)12-4-6-5-13-8(10)14-6/h2,6H,1,3-5H2. The molecule has 0 aromatic rings. The summed E-state index contributed by atoms with van der Waals surface area (Å²) in [6.07, 6.45) is -0.704. The Kier molecular flexibility index (Phi) is 3.78. The lowest BCUT2D eigenvalue weighted by Gasteiger charge is -2.06. The second-order valence-electron chi connectivity index (χ2n) is 2.46. The van der Waals surface area contributed by atoms with Crippen LogP contribution in [0, 0.1) is 0 Å². The summed E-state index contributed by atoms with van der Waals surface area (Å²) in [7, 11) is 0. The van der Waals surface area contributed by atoms with Crippen molar-refractivity contribution in [2.24, 2.45) is 0 Å². The van der Waals surface area contributed by atoms with E-state index in [1.165, 1.54) is 6.08 Å². The predicted octanol–water partition coefficient (Wildman–Crippen LogP) is 0.861. The van der Waals surface area contributed by atoms with Gasteiger partial charge in [-0.05, 0) is 0 Å². The Morgan fingerprint density at radius 3 is 3.00 bits per heavy atom. The highest BCUT2D eigenvalue weighted by Gasteiger charge is 2.26. The molecule has 0 radical (unpaired) electrons. The van der Waals surface area contributed by atoms with Crippen molar-refractivity contribution in [2.75, 3.05) is 19.8 Å². The molecule has 1 fully saturated rings. The van der Waals surface area contributed by atoms with Crippen molar-refractivity contribution in [3.05, 3.63) is 12.7 Å². The molecule has 0 saturated carbocycles. The van der Waals surface area contributed by atoms with Crippen LogP contribution >= 0.6 is 0 Å². The molecule has 1 aliphatic rings. The zero-order valence-electron chi connectivity index (χ0n) is 7.43. The quantitative estimate of drug-likeness (QED) is 0.497. The molecule has 0 bridgehead atoms. The van der Waals surface area contributed by atoms with Crippen LogP contribution in [0.4, 0.5) is 9.59 Å². The van der Waals surface area contributed by atoms with Crippen LogP contribution in [0.25, 0.3) is 0 Å². The summed E-state index contributed by atoms with van der Waals surface area (Å²) in [5.74, 6) is 0. The molecule has 14 heavy (non-hydrogen) atoms. The van der Waals surface area contributed by atoms with Crippen molar-refractivity contribution in [1.82, 2.24) is 0 Å². The average Bonchev–Trinajstić information content (AvgIpc) is 2.58. The smallest absolute Gasteiger partial charge is 0.430 e. The summed E-state index contributed by atoms with van der Waals surface area (Å²) in [4.78, 5) is 21.2. The first kappa shape index (κ1) is 10.4. The minimum Gasteiger partial charge on any atom is -0.430 e. The number of hydrogen-bond acceptors (Lipinski definition) is 6. The minimum absolute atomic E-state index is 0.0677. The topological polar surface area (TPSA) is 71.1 Å². The van der Waals surface area contributed by atoms with Gasteiger partial charge >= 0.3 is 12.3 Å². The molecule has 0 spiro atoms. The van der Waals surface area contributed by atoms with Gasteiger partial charge in [-0.2, -0.15) is 0 Å². The zero-order chi connectivity index (χ0) is 10.4. The first-order valence-electron chi connectivity index (χ1n) is 3.96. The molecule has 78 valence electrons. The predicted molar refractivity (Wildman–Crippen MR) is 43.7 cm³/mol. The molecule has 1 aliphatic heterocycles. The van der Waals surface area contributed by atoms with Crippen LogP contribution in [-0.2, 0) is 18.9 Å². The molecule has 0 aliphatic carbocycles. The summed E-state index contributed by atoms with van der Waals surface area (Å²) >= 11 is 0. The molecule has 1 saturated heterocycles. The lowest BCUT2D eigenvalue weighted by atomic mass is 10.4. The molecule has 1 unspecified atom stereocenters. The Morgan fingerprint density at radius 1 is 1.64 bits per heavy atom. The maximum absolute atomic E-state index is 10.8. The van der Waals surface area contributed by atoms with E-state index >= 15 is 0 Å². The van der Waals surface area contributed by atoms with Crippen LogP contribution in [0.3, 0.4) is 0 Å². The Bertz CT molecular complexity index is 236. The third kappa shape index (κ3) is 3.34. The molecule has 6 nitrogen and oxygen atoms in total. The van der Waals surface area contributed by atoms with E-state index < -0.39 is 18.4 Å². The number of rotatable bonds is 4. The summed E-state index contributed by atoms with van der Waals surface area (Å²) < 4.78 is 18.2. The number of ether oxygens (including phenoxy) is 4. The van der Waals surface area contributed by atoms with Crippen LogP contribution in [0.15, 0.2) is 12.7 Å². The Balaban J connectivity index is 2.10. The van der Waals surface area contributed by atoms with Gasteiger partial charge in [0.25, 0.3) is 0 Å². The molecule has 1 heterocycles. The van der Waals surface area contributed by atoms with Crippen molar-refractivity contribution in [3.63, 3.8) is 0 Å². The van der Waals surface area contributed by atoms with Gasteiger partial charge in [-0.1, -0.05) is 12.7 Å². The van der Waals surface area contributed by atoms with Crippen molar-refractivity contribution in [1.29, 1.82) is 0 Å². The van der Waals surface area contributed by atoms with Crippen molar-refractivity contribution in [3.8, 4) is 0 Å². The number of cyclic esters (lactones) is 2. The minimum atomic E-state index is -0.826. The summed E-state index contributed by atoms with van der Waals surface area (Å²) in [6.45, 7) is 3.46. The molecular formula is C8H10O6. The van der Waals surface area contributed by atoms with Gasteiger partial charge in [0.1, 0.15) is 19.8 Å². The van der Waals surface area contributed by atoms with Crippen LogP contribution in [0.5, 0.6) is 0 Å². The molecule has 0 N–H and O–H groups in total. The highest BCUT2D eigenvalue weighted by molar-refractivity contribution is 5.62. The largest absolute Gasteiger partial charge is 0.508 e. The van der Waals surface area contributed by atoms with E-state index in [4.69, 9.17) is 0 Å². The lowest BCUT2D eigenvalue weighted by molar-refractivity contribution is 0.0296. The molecule has 0 aromatic heterocycles. The van der Waals surface area contributed by atoms with Gasteiger partial charge in [0.05, 0.1) is 0 Å². The van der Waals surface area contributed by atoms with Gasteiger partial charge < -0.3 is 18.9 Å². The fraction of sp³-hybridized carbons (Fsp3) is 0.500. The monoisotopic (exact) mass is 202 g/mol. The number of carbonyl (C=O) groups excluding carboxylic acids is 2. The maximum atomic E-state index is 10.8. The van der Waals surface area contributed by atoms with Gasteiger partial charge in [-0.25, -0.2) is 9.59 Å². The lowest BCUT2D eigenvalue weighted by Crippen LogP contribution is -2.21. The van der Waals surface area contributed by atoms with Crippen molar-refractivity contribution in [2.45, 2.75) is 6.10 Å². The van der Waals surface area contributed by atoms with E-state index in [1.54, 1.807) is 0 Å². The fourth-order valence-corrected chi connectivity index (χ4v) is 0.777. The van der Waals surface area contributed by atoms with Crippen LogP contribution in [0.1, 0.15) is 0 Å². The number of carbonyl (C=O) groups is 2. The van der Waals surface area contributed by atoms with E-state index in [0.717, 1.165) is 0 Å². The van der Waals surface area contributed by atoms with E-state index in [0.29, 0.717) is 0 Å². The summed E-state index contributed by atoms with van der Waals surface area (Å²) in [5.41, 5.74) is 0. The van der Waals surface area contributed by atoms with Crippen molar-refractivity contribution >= 4 is 12.3 Å². The first-order chi connectivity index (χ1) is 6.72. The van der Waals surface area contributed by atoms with Crippen molar-refractivity contribution < 1.29 is 28.5 Å². The van der Waals surface area contributed by atoms with Gasteiger partial charge in [0, 0.05) is 0 Å². The molecule has 0 amide bonds. The van der Waals surface area contributed by atoms with Gasteiger partial charge in [-0.3, -0.25) is 0 Å². The molecule has 0 aromatic carbocycles. The summed E-state index contributed by atoms with van der Waals surface area (Å²) in [6, 6.07) is 0. The van der Waals surface area contributed by atoms with E-state index in [9.17, 15) is 9.59 Å². The zero-order valence-corrected chi connectivity index (χ0v) is 7.43. The molecule has 6 heteroatoms. The summed E-state index contributed by atoms with van der Waals surface area (Å²) in [5, 5.41) is 0. The van der Waals surface area contributed by atoms with E-state index in [1.807, 2.05) is 0 Å². The van der Waals surface area contributed by atoms with Crippen LogP contribution in [-0.4, -0.2) is 38.2 Å². The fourth-order valence-electron chi connectivity index (χ4n) is 0.777. The first-order valence-corrected chi connectivity index (χ1v) is 3.96. The van der Waals surface area contributed by atoms with Gasteiger partial charge in [0.2, 0.25) is 0 Å². The SMILES string of the molecule is C=CCOC(=O)OCC1COC(=O)O1. The van der Waals surface area contributed by atoms with Gasteiger partial charge in [0.15, 0.2) is 6.10 Å². The Morgan fingerprint density at radius 2 is 2.43 bits per heavy atom. The molecular weight excluding hydrogens is 192 g/mol.